The number of hydrogen-bond acceptors (Lipinski definition) is 2. The number of benzene rings is 1. The van der Waals surface area contributed by atoms with Gasteiger partial charge in [0.1, 0.15) is 5.75 Å². The highest BCUT2D eigenvalue weighted by Crippen LogP contribution is 2.23. The summed E-state index contributed by atoms with van der Waals surface area (Å²) in [5, 5.41) is 3.17. The predicted octanol–water partition coefficient (Wildman–Crippen LogP) is 3.71. The zero-order valence-corrected chi connectivity index (χ0v) is 13.4. The van der Waals surface area contributed by atoms with Crippen molar-refractivity contribution < 1.29 is 9.53 Å². The van der Waals surface area contributed by atoms with Gasteiger partial charge in [0, 0.05) is 6.04 Å². The van der Waals surface area contributed by atoms with Crippen LogP contribution < -0.4 is 10.1 Å². The second-order valence-electron chi connectivity index (χ2n) is 6.52. The number of rotatable bonds is 5. The molecule has 1 aromatic carbocycles. The standard InChI is InChI=1S/C18H27NO2/c1-13(2)21-17-6-4-5-15(11-17)12-18(20)19-16-9-7-14(3)8-10-16/h4-6,11,13-14,16H,7-10,12H2,1-3H3,(H,19,20). The van der Waals surface area contributed by atoms with E-state index in [4.69, 9.17) is 4.74 Å². The van der Waals surface area contributed by atoms with E-state index in [2.05, 4.69) is 12.2 Å². The quantitative estimate of drug-likeness (QED) is 0.897. The van der Waals surface area contributed by atoms with Crippen molar-refractivity contribution in [2.24, 2.45) is 5.92 Å². The lowest BCUT2D eigenvalue weighted by molar-refractivity contribution is -0.121. The zero-order chi connectivity index (χ0) is 15.2. The molecule has 1 saturated carbocycles. The molecule has 0 saturated heterocycles. The van der Waals surface area contributed by atoms with Gasteiger partial charge in [-0.15, -0.1) is 0 Å². The van der Waals surface area contributed by atoms with Crippen LogP contribution in [0.25, 0.3) is 0 Å². The summed E-state index contributed by atoms with van der Waals surface area (Å²) in [7, 11) is 0. The molecule has 0 unspecified atom stereocenters. The molecule has 1 fully saturated rings. The van der Waals surface area contributed by atoms with Crippen molar-refractivity contribution in [3.05, 3.63) is 29.8 Å². The van der Waals surface area contributed by atoms with E-state index in [-0.39, 0.29) is 12.0 Å². The lowest BCUT2D eigenvalue weighted by atomic mass is 9.87. The average Bonchev–Trinajstić information content (AvgIpc) is 2.41. The van der Waals surface area contributed by atoms with Gasteiger partial charge >= 0.3 is 0 Å². The van der Waals surface area contributed by atoms with Crippen LogP contribution in [0, 0.1) is 5.92 Å². The molecule has 0 atom stereocenters. The maximum atomic E-state index is 12.1. The maximum Gasteiger partial charge on any atom is 0.224 e. The third-order valence-electron chi connectivity index (χ3n) is 4.02. The fraction of sp³-hybridized carbons (Fsp3) is 0.611. The summed E-state index contributed by atoms with van der Waals surface area (Å²) in [6.07, 6.45) is 5.26. The Morgan fingerprint density at radius 3 is 2.67 bits per heavy atom. The normalized spacial score (nSPS) is 22.1. The van der Waals surface area contributed by atoms with Crippen LogP contribution in [-0.2, 0) is 11.2 Å². The summed E-state index contributed by atoms with van der Waals surface area (Å²) in [6.45, 7) is 6.30. The minimum atomic E-state index is 0.122. The van der Waals surface area contributed by atoms with E-state index < -0.39 is 0 Å². The molecule has 21 heavy (non-hydrogen) atoms. The second kappa shape index (κ2) is 7.48. The van der Waals surface area contributed by atoms with E-state index in [0.717, 1.165) is 30.1 Å². The first-order valence-corrected chi connectivity index (χ1v) is 8.08. The Morgan fingerprint density at radius 1 is 1.29 bits per heavy atom. The Kier molecular flexibility index (Phi) is 5.66. The predicted molar refractivity (Wildman–Crippen MR) is 85.5 cm³/mol. The van der Waals surface area contributed by atoms with Crippen molar-refractivity contribution in [1.82, 2.24) is 5.32 Å². The first kappa shape index (κ1) is 15.9. The van der Waals surface area contributed by atoms with Gasteiger partial charge in [-0.05, 0) is 63.1 Å². The Labute approximate surface area is 128 Å². The summed E-state index contributed by atoms with van der Waals surface area (Å²) >= 11 is 0. The molecule has 2 rings (SSSR count). The number of ether oxygens (including phenoxy) is 1. The zero-order valence-electron chi connectivity index (χ0n) is 13.4. The minimum absolute atomic E-state index is 0.122. The summed E-state index contributed by atoms with van der Waals surface area (Å²) in [4.78, 5) is 12.1. The van der Waals surface area contributed by atoms with Gasteiger partial charge in [0.05, 0.1) is 12.5 Å². The molecule has 1 aliphatic carbocycles. The molecule has 1 amide bonds. The fourth-order valence-corrected chi connectivity index (χ4v) is 2.87. The van der Waals surface area contributed by atoms with E-state index in [0.29, 0.717) is 12.5 Å². The van der Waals surface area contributed by atoms with Crippen molar-refractivity contribution in [2.45, 2.75) is 65.0 Å². The van der Waals surface area contributed by atoms with Gasteiger partial charge in [0.25, 0.3) is 0 Å². The highest BCUT2D eigenvalue weighted by atomic mass is 16.5. The van der Waals surface area contributed by atoms with Crippen LogP contribution in [0.3, 0.4) is 0 Å². The van der Waals surface area contributed by atoms with Crippen LogP contribution in [0.4, 0.5) is 0 Å². The van der Waals surface area contributed by atoms with Gasteiger partial charge in [-0.1, -0.05) is 19.1 Å². The van der Waals surface area contributed by atoms with E-state index in [1.807, 2.05) is 38.1 Å². The summed E-state index contributed by atoms with van der Waals surface area (Å²) in [5.74, 6) is 1.76. The smallest absolute Gasteiger partial charge is 0.224 e. The Hall–Kier alpha value is -1.51. The highest BCUT2D eigenvalue weighted by Gasteiger charge is 2.19. The van der Waals surface area contributed by atoms with Crippen LogP contribution in [0.15, 0.2) is 24.3 Å². The lowest BCUT2D eigenvalue weighted by Crippen LogP contribution is -2.38. The van der Waals surface area contributed by atoms with Crippen molar-refractivity contribution in [1.29, 1.82) is 0 Å². The third-order valence-corrected chi connectivity index (χ3v) is 4.02. The van der Waals surface area contributed by atoms with Crippen molar-refractivity contribution >= 4 is 5.91 Å². The van der Waals surface area contributed by atoms with Gasteiger partial charge in [-0.3, -0.25) is 4.79 Å². The van der Waals surface area contributed by atoms with E-state index in [1.165, 1.54) is 12.8 Å². The van der Waals surface area contributed by atoms with Crippen molar-refractivity contribution in [2.75, 3.05) is 0 Å². The molecular weight excluding hydrogens is 262 g/mol. The summed E-state index contributed by atoms with van der Waals surface area (Å²) in [6, 6.07) is 8.19. The lowest BCUT2D eigenvalue weighted by Gasteiger charge is -2.26. The molecule has 0 heterocycles. The molecule has 0 aromatic heterocycles. The molecule has 1 N–H and O–H groups in total. The number of hydrogen-bond donors (Lipinski definition) is 1. The first-order valence-electron chi connectivity index (χ1n) is 8.08. The molecule has 3 nitrogen and oxygen atoms in total. The minimum Gasteiger partial charge on any atom is -0.491 e. The number of amides is 1. The Balaban J connectivity index is 1.84. The molecule has 0 radical (unpaired) electrons. The molecule has 3 heteroatoms. The average molecular weight is 289 g/mol. The van der Waals surface area contributed by atoms with Crippen LogP contribution in [0.2, 0.25) is 0 Å². The first-order chi connectivity index (χ1) is 10.0. The molecule has 0 aliphatic heterocycles. The molecule has 0 spiro atoms. The van der Waals surface area contributed by atoms with Crippen molar-refractivity contribution in [3.63, 3.8) is 0 Å². The highest BCUT2D eigenvalue weighted by molar-refractivity contribution is 5.79. The number of carbonyl (C=O) groups excluding carboxylic acids is 1. The molecule has 1 aliphatic rings. The third kappa shape index (κ3) is 5.41. The van der Waals surface area contributed by atoms with E-state index in [1.54, 1.807) is 0 Å². The summed E-state index contributed by atoms with van der Waals surface area (Å²) in [5.41, 5.74) is 1.01. The van der Waals surface area contributed by atoms with Crippen molar-refractivity contribution in [3.8, 4) is 5.75 Å². The van der Waals surface area contributed by atoms with Crippen LogP contribution >= 0.6 is 0 Å². The SMILES string of the molecule is CC1CCC(NC(=O)Cc2cccc(OC(C)C)c2)CC1. The Morgan fingerprint density at radius 2 is 2.00 bits per heavy atom. The number of carbonyl (C=O) groups is 1. The largest absolute Gasteiger partial charge is 0.491 e. The monoisotopic (exact) mass is 289 g/mol. The van der Waals surface area contributed by atoms with Crippen LogP contribution in [-0.4, -0.2) is 18.1 Å². The molecule has 116 valence electrons. The second-order valence-corrected chi connectivity index (χ2v) is 6.52. The van der Waals surface area contributed by atoms with Gasteiger partial charge in [-0.2, -0.15) is 0 Å². The van der Waals surface area contributed by atoms with Crippen LogP contribution in [0.1, 0.15) is 52.0 Å². The van der Waals surface area contributed by atoms with E-state index >= 15 is 0 Å². The Bertz CT molecular complexity index is 462. The van der Waals surface area contributed by atoms with E-state index in [9.17, 15) is 4.79 Å². The molecule has 0 bridgehead atoms. The van der Waals surface area contributed by atoms with Gasteiger partial charge in [-0.25, -0.2) is 0 Å². The number of nitrogens with one attached hydrogen (secondary N) is 1. The van der Waals surface area contributed by atoms with Gasteiger partial charge in [0.15, 0.2) is 0 Å². The van der Waals surface area contributed by atoms with Gasteiger partial charge in [0.2, 0.25) is 5.91 Å². The maximum absolute atomic E-state index is 12.1. The van der Waals surface area contributed by atoms with Gasteiger partial charge < -0.3 is 10.1 Å². The molecular formula is C18H27NO2. The van der Waals surface area contributed by atoms with Crippen LogP contribution in [0.5, 0.6) is 5.75 Å². The topological polar surface area (TPSA) is 38.3 Å². The fourth-order valence-electron chi connectivity index (χ4n) is 2.87. The summed E-state index contributed by atoms with van der Waals surface area (Å²) < 4.78 is 5.67. The molecule has 1 aromatic rings.